The summed E-state index contributed by atoms with van der Waals surface area (Å²) in [6.07, 6.45) is 1.47. The molecule has 11 heteroatoms. The largest absolute Gasteiger partial charge is 0.381 e. The highest BCUT2D eigenvalue weighted by atomic mass is 32.2. The van der Waals surface area contributed by atoms with Crippen LogP contribution >= 0.6 is 0 Å². The van der Waals surface area contributed by atoms with Gasteiger partial charge in [0, 0.05) is 18.8 Å². The monoisotopic (exact) mass is 555 g/mol. The summed E-state index contributed by atoms with van der Waals surface area (Å²) in [6.45, 7) is 2.75. The first-order chi connectivity index (χ1) is 18.8. The second-order valence-electron chi connectivity index (χ2n) is 9.50. The highest BCUT2D eigenvalue weighted by Crippen LogP contribution is 2.18. The molecule has 1 aliphatic rings. The quantitative estimate of drug-likeness (QED) is 0.315. The van der Waals surface area contributed by atoms with E-state index in [1.807, 2.05) is 24.3 Å². The Labute approximate surface area is 228 Å². The third-order valence-corrected chi connectivity index (χ3v) is 8.15. The van der Waals surface area contributed by atoms with E-state index in [9.17, 15) is 18.0 Å². The average Bonchev–Trinajstić information content (AvgIpc) is 3.45. The molecule has 3 aromatic rings. The number of Topliss-reactive ketones (excluding diaryl/α,β-unsaturated/α-hetero) is 1. The Morgan fingerprint density at radius 1 is 1.05 bits per heavy atom. The average molecular weight is 556 g/mol. The van der Waals surface area contributed by atoms with Crippen LogP contribution in [0.4, 0.5) is 0 Å². The van der Waals surface area contributed by atoms with Crippen LogP contribution in [0, 0.1) is 5.92 Å². The molecule has 1 aliphatic heterocycles. The van der Waals surface area contributed by atoms with Crippen LogP contribution in [-0.2, 0) is 29.9 Å². The first-order valence-corrected chi connectivity index (χ1v) is 14.8. The highest BCUT2D eigenvalue weighted by Gasteiger charge is 2.32. The summed E-state index contributed by atoms with van der Waals surface area (Å²) in [5, 5.41) is 6.51. The molecule has 2 aromatic carbocycles. The highest BCUT2D eigenvalue weighted by molar-refractivity contribution is 7.90. The Morgan fingerprint density at radius 2 is 1.72 bits per heavy atom. The van der Waals surface area contributed by atoms with Gasteiger partial charge in [0.25, 0.3) is 5.89 Å². The van der Waals surface area contributed by atoms with Crippen molar-refractivity contribution in [2.75, 3.05) is 25.6 Å². The molecule has 39 heavy (non-hydrogen) atoms. The molecular formula is C28H33N3O7S. The van der Waals surface area contributed by atoms with E-state index >= 15 is 0 Å². The number of ether oxygens (including phenoxy) is 2. The van der Waals surface area contributed by atoms with Crippen molar-refractivity contribution in [1.82, 2.24) is 15.5 Å². The van der Waals surface area contributed by atoms with Crippen molar-refractivity contribution in [1.29, 1.82) is 0 Å². The number of hydrogen-bond acceptors (Lipinski definition) is 9. The van der Waals surface area contributed by atoms with E-state index in [2.05, 4.69) is 15.5 Å². The molecule has 1 N–H and O–H groups in total. The van der Waals surface area contributed by atoms with E-state index in [-0.39, 0.29) is 36.6 Å². The van der Waals surface area contributed by atoms with Gasteiger partial charge in [-0.2, -0.15) is 4.98 Å². The molecule has 0 saturated carbocycles. The van der Waals surface area contributed by atoms with Gasteiger partial charge in [-0.25, -0.2) is 8.42 Å². The van der Waals surface area contributed by atoms with Crippen molar-refractivity contribution in [3.8, 4) is 11.5 Å². The maximum absolute atomic E-state index is 13.4. The summed E-state index contributed by atoms with van der Waals surface area (Å²) < 4.78 is 42.7. The number of sulfone groups is 1. The predicted molar refractivity (Wildman–Crippen MR) is 144 cm³/mol. The molecule has 2 atom stereocenters. The Balaban J connectivity index is 1.46. The van der Waals surface area contributed by atoms with Gasteiger partial charge < -0.3 is 19.3 Å². The summed E-state index contributed by atoms with van der Waals surface area (Å²) in [6, 6.07) is 16.9. The molecule has 1 fully saturated rings. The topological polar surface area (TPSA) is 138 Å². The first kappa shape index (κ1) is 28.6. The second kappa shape index (κ2) is 13.6. The van der Waals surface area contributed by atoms with Gasteiger partial charge in [-0.15, -0.1) is 0 Å². The maximum atomic E-state index is 13.4. The fraction of sp³-hybridized carbons (Fsp3) is 0.429. The molecule has 208 valence electrons. The lowest BCUT2D eigenvalue weighted by molar-refractivity contribution is -0.128. The van der Waals surface area contributed by atoms with Gasteiger partial charge in [0.05, 0.1) is 36.2 Å². The van der Waals surface area contributed by atoms with Crippen molar-refractivity contribution in [2.24, 2.45) is 5.92 Å². The zero-order valence-electron chi connectivity index (χ0n) is 21.8. The van der Waals surface area contributed by atoms with Gasteiger partial charge in [-0.3, -0.25) is 9.59 Å². The van der Waals surface area contributed by atoms with E-state index in [0.717, 1.165) is 0 Å². The fourth-order valence-electron chi connectivity index (χ4n) is 4.31. The molecule has 1 saturated heterocycles. The van der Waals surface area contributed by atoms with Crippen LogP contribution in [0.5, 0.6) is 0 Å². The Kier molecular flexibility index (Phi) is 9.96. The Bertz CT molecular complexity index is 1320. The minimum Gasteiger partial charge on any atom is -0.381 e. The van der Waals surface area contributed by atoms with Crippen LogP contribution in [0.15, 0.2) is 65.2 Å². The molecule has 0 aliphatic carbocycles. The molecule has 0 radical (unpaired) electrons. The van der Waals surface area contributed by atoms with Crippen molar-refractivity contribution < 1.29 is 32.0 Å². The summed E-state index contributed by atoms with van der Waals surface area (Å²) >= 11 is 0. The number of nitrogens with zero attached hydrogens (tertiary/aromatic N) is 2. The van der Waals surface area contributed by atoms with Gasteiger partial charge in [0.1, 0.15) is 0 Å². The van der Waals surface area contributed by atoms with E-state index in [1.54, 1.807) is 43.3 Å². The number of rotatable bonds is 13. The zero-order chi connectivity index (χ0) is 27.7. The summed E-state index contributed by atoms with van der Waals surface area (Å²) in [4.78, 5) is 30.7. The van der Waals surface area contributed by atoms with Crippen molar-refractivity contribution in [2.45, 2.75) is 44.1 Å². The zero-order valence-corrected chi connectivity index (χ0v) is 22.6. The number of benzene rings is 2. The van der Waals surface area contributed by atoms with Crippen molar-refractivity contribution in [3.05, 3.63) is 72.1 Å². The lowest BCUT2D eigenvalue weighted by atomic mass is 10.1. The molecule has 0 spiro atoms. The number of nitrogens with one attached hydrogen (secondary N) is 1. The van der Waals surface area contributed by atoms with Gasteiger partial charge in [-0.1, -0.05) is 60.6 Å². The van der Waals surface area contributed by atoms with Crippen LogP contribution in [0.25, 0.3) is 11.5 Å². The van der Waals surface area contributed by atoms with Crippen LogP contribution in [0.2, 0.25) is 0 Å². The molecule has 0 bridgehead atoms. The number of carbonyl (C=O) groups is 2. The normalized spacial score (nSPS) is 15.9. The number of hydrogen-bond donors (Lipinski definition) is 1. The van der Waals surface area contributed by atoms with Gasteiger partial charge in [-0.05, 0) is 37.0 Å². The molecule has 1 amide bonds. The molecule has 10 nitrogen and oxygen atoms in total. The fourth-order valence-corrected chi connectivity index (χ4v) is 5.99. The maximum Gasteiger partial charge on any atom is 0.258 e. The molecule has 2 heterocycles. The standard InChI is InChI=1S/C28H33N3O7S/c1-2-24(25(32)26-30-28(38-31-26)21-11-7-4-8-12-21)29-27(33)22(17-37-23-13-15-36-16-14-23)19-39(34,35)18-20-9-5-3-6-10-20/h3-12,22-24H,2,13-19H2,1H3,(H,29,33). The molecule has 1 aromatic heterocycles. The van der Waals surface area contributed by atoms with Crippen LogP contribution in [-0.4, -0.2) is 68.0 Å². The predicted octanol–water partition coefficient (Wildman–Crippen LogP) is 3.24. The van der Waals surface area contributed by atoms with Gasteiger partial charge in [0.15, 0.2) is 9.84 Å². The smallest absolute Gasteiger partial charge is 0.258 e. The van der Waals surface area contributed by atoms with Gasteiger partial charge in [0.2, 0.25) is 17.5 Å². The van der Waals surface area contributed by atoms with E-state index in [1.165, 1.54) is 0 Å². The lowest BCUT2D eigenvalue weighted by Gasteiger charge is -2.26. The van der Waals surface area contributed by atoms with Crippen molar-refractivity contribution in [3.63, 3.8) is 0 Å². The van der Waals surface area contributed by atoms with Crippen LogP contribution in [0.3, 0.4) is 0 Å². The lowest BCUT2D eigenvalue weighted by Crippen LogP contribution is -2.46. The van der Waals surface area contributed by atoms with E-state index < -0.39 is 39.2 Å². The third kappa shape index (κ3) is 8.29. The molecule has 2 unspecified atom stereocenters. The van der Waals surface area contributed by atoms with Crippen LogP contribution in [0.1, 0.15) is 42.4 Å². The minimum absolute atomic E-state index is 0.0878. The van der Waals surface area contributed by atoms with Crippen molar-refractivity contribution >= 4 is 21.5 Å². The van der Waals surface area contributed by atoms with E-state index in [4.69, 9.17) is 14.0 Å². The second-order valence-corrected chi connectivity index (χ2v) is 11.6. The molecule has 4 rings (SSSR count). The number of aromatic nitrogens is 2. The Hall–Kier alpha value is -3.41. The number of amides is 1. The van der Waals surface area contributed by atoms with Gasteiger partial charge >= 0.3 is 0 Å². The number of ketones is 1. The minimum atomic E-state index is -3.66. The summed E-state index contributed by atoms with van der Waals surface area (Å²) in [7, 11) is -3.66. The number of carbonyl (C=O) groups excluding carboxylic acids is 2. The van der Waals surface area contributed by atoms with E-state index in [0.29, 0.717) is 37.2 Å². The third-order valence-electron chi connectivity index (χ3n) is 6.47. The summed E-state index contributed by atoms with van der Waals surface area (Å²) in [5.74, 6) is -2.69. The Morgan fingerprint density at radius 3 is 2.38 bits per heavy atom. The molecular weight excluding hydrogens is 522 g/mol. The first-order valence-electron chi connectivity index (χ1n) is 13.0. The SMILES string of the molecule is CCC(NC(=O)C(COC1CCOCC1)CS(=O)(=O)Cc1ccccc1)C(=O)c1noc(-c2ccccc2)n1. The summed E-state index contributed by atoms with van der Waals surface area (Å²) in [5.41, 5.74) is 1.30. The van der Waals surface area contributed by atoms with Crippen LogP contribution < -0.4 is 5.32 Å².